The number of carbonyl (C=O) groups excluding carboxylic acids is 9. The largest absolute Gasteiger partial charge is 0.573 e. The number of primary amides is 1. The van der Waals surface area contributed by atoms with E-state index in [1.54, 1.807) is 20.8 Å². The first-order valence-electron chi connectivity index (χ1n) is 39.8. The van der Waals surface area contributed by atoms with Crippen molar-refractivity contribution in [2.75, 3.05) is 25.5 Å². The molecule has 6 aromatic carbocycles. The zero-order valence-electron chi connectivity index (χ0n) is 68.7. The number of alkyl halides is 3. The van der Waals surface area contributed by atoms with Gasteiger partial charge in [0.15, 0.2) is 23.9 Å². The van der Waals surface area contributed by atoms with E-state index in [-0.39, 0.29) is 55.2 Å². The van der Waals surface area contributed by atoms with Gasteiger partial charge >= 0.3 is 12.1 Å². The van der Waals surface area contributed by atoms with Gasteiger partial charge in [0.05, 0.1) is 47.7 Å². The van der Waals surface area contributed by atoms with Gasteiger partial charge in [-0.2, -0.15) is 4.98 Å². The topological polar surface area (TPSA) is 643 Å². The number of phenols is 3. The van der Waals surface area contributed by atoms with Crippen molar-refractivity contribution >= 4 is 88.1 Å². The zero-order chi connectivity index (χ0) is 93.7. The molecule has 7 aliphatic heterocycles. The van der Waals surface area contributed by atoms with Gasteiger partial charge in [-0.05, 0) is 139 Å². The number of ether oxygens (including phenoxy) is 7. The number of fused-ring (bicyclic) bond motifs is 15. The maximum absolute atomic E-state index is 16.3. The number of aliphatic hydroxyl groups excluding tert-OH is 6. The highest BCUT2D eigenvalue weighted by atomic mass is 35.5. The van der Waals surface area contributed by atoms with Gasteiger partial charge in [-0.25, -0.2) is 4.79 Å². The lowest BCUT2D eigenvalue weighted by Gasteiger charge is -2.48. The normalized spacial score (nSPS) is 25.5. The van der Waals surface area contributed by atoms with Crippen molar-refractivity contribution in [2.45, 2.75) is 176 Å². The van der Waals surface area contributed by atoms with Crippen LogP contribution in [-0.2, 0) is 70.3 Å². The summed E-state index contributed by atoms with van der Waals surface area (Å²) in [5, 5.41) is 137. The van der Waals surface area contributed by atoms with Gasteiger partial charge in [-0.3, -0.25) is 64.0 Å². The number of aliphatic hydroxyl groups is 6. The Bertz CT molecular complexity index is 5530. The number of hydrogen-bond acceptors (Lipinski definition) is 30. The van der Waals surface area contributed by atoms with E-state index in [2.05, 4.69) is 68.4 Å². The predicted octanol–water partition coefficient (Wildman–Crippen LogP) is 0.503. The fraction of sp³-hybridized carbons (Fsp3) is 0.390. The molecular formula is C82H91Cl2F3N16O26. The van der Waals surface area contributed by atoms with Crippen molar-refractivity contribution < 1.29 is 135 Å². The molecule has 7 aromatic rings. The Balaban J connectivity index is 0.980. The standard InChI is InChI=1S/C82H91Cl2F3N16O26/c1-32(2)20-45(91-5)71(115)99-62-64(110)36-9-14-49(43(83)23-36)124-51-25-38-26-52(68(51)128-78-69(67(113)66(112)53(31-104)126-78)127-57-30-81(4,70(114)33(3)123-57)92-17-19-103-18-16-55(95-80(103)122)94-56(109)21-34-6-11-40(12-7-34)129-82(85,86)87)125-50-15-10-37(24-44(50)84)65(111)63-76(120)98-61(77(121)101-102-79(89)90)42-27-39(105)28-48(107)58(42)41-22-35(8-13-47(41)106)59(73(117)100-63)97-74(118)60(38)96-72(116)46(29-54(88)108)93-75(62)119/h6-16,18,22-28,32-33,45-46,53,57,59-67,69-70,78,91-92,104-107,110-114H,17,19-21,29-31H2,1-5H3,(H2,88,108)(H,93,119)(H,96,116)(H,97,118)(H,98,120)(H,99,115)(H,100,117)(H,101,121)(H4,89,90,102)(H,94,95,109,122)/t33-,45+,46-,53+,57-,59+,60+,61+,62+,63-,64+,65+,66+,67-,69+,70+,78-,81-/m0/s1. The molecule has 14 rings (SSSR count). The lowest BCUT2D eigenvalue weighted by molar-refractivity contribution is -0.334. The number of anilines is 1. The Hall–Kier alpha value is -12.8. The van der Waals surface area contributed by atoms with Crippen LogP contribution in [0.4, 0.5) is 19.0 Å². The third-order valence-electron chi connectivity index (χ3n) is 21.6. The highest BCUT2D eigenvalue weighted by Crippen LogP contribution is 2.50. The second-order valence-electron chi connectivity index (χ2n) is 31.4. The lowest BCUT2D eigenvalue weighted by Crippen LogP contribution is -2.65. The third-order valence-corrected chi connectivity index (χ3v) is 22.2. The van der Waals surface area contributed by atoms with Gasteiger partial charge in [0.2, 0.25) is 65.3 Å². The van der Waals surface area contributed by atoms with Gasteiger partial charge in [0.1, 0.15) is 107 Å². The maximum atomic E-state index is 16.3. The number of aromatic nitrogens is 2. The van der Waals surface area contributed by atoms with Crippen molar-refractivity contribution in [1.82, 2.24) is 62.9 Å². The number of benzene rings is 6. The quantitative estimate of drug-likeness (QED) is 0.0265. The summed E-state index contributed by atoms with van der Waals surface area (Å²) < 4.78 is 82.5. The minimum Gasteiger partial charge on any atom is -0.508 e. The maximum Gasteiger partial charge on any atom is 0.573 e. The molecule has 690 valence electrons. The zero-order valence-corrected chi connectivity index (χ0v) is 70.2. The Morgan fingerprint density at radius 2 is 1.36 bits per heavy atom. The molecule has 0 radical (unpaired) electrons. The molecule has 47 heteroatoms. The number of halogens is 5. The molecule has 25 N–H and O–H groups in total. The molecule has 0 unspecified atom stereocenters. The summed E-state index contributed by atoms with van der Waals surface area (Å²) in [7, 11) is 1.45. The highest BCUT2D eigenvalue weighted by Gasteiger charge is 2.53. The average molecular weight is 1840 g/mol. The Morgan fingerprint density at radius 1 is 0.729 bits per heavy atom. The second kappa shape index (κ2) is 39.9. The number of guanidine groups is 1. The highest BCUT2D eigenvalue weighted by molar-refractivity contribution is 6.32. The van der Waals surface area contributed by atoms with Gasteiger partial charge in [-0.15, -0.1) is 13.2 Å². The van der Waals surface area contributed by atoms with Crippen LogP contribution in [0.25, 0.3) is 11.1 Å². The van der Waals surface area contributed by atoms with Gasteiger partial charge in [0, 0.05) is 48.4 Å². The molecule has 11 bridgehead atoms. The van der Waals surface area contributed by atoms with Crippen LogP contribution in [0.5, 0.6) is 51.7 Å². The number of phenolic OH excluding ortho intramolecular Hbond substituents is 3. The van der Waals surface area contributed by atoms with E-state index < -0.39 is 283 Å². The first-order chi connectivity index (χ1) is 61.0. The number of nitrogens with zero attached hydrogens (tertiary/aromatic N) is 2. The van der Waals surface area contributed by atoms with Crippen LogP contribution < -0.4 is 94.8 Å². The van der Waals surface area contributed by atoms with E-state index in [4.69, 9.17) is 68.5 Å². The number of nitrogens with one attached hydrogen (secondary N) is 12. The summed E-state index contributed by atoms with van der Waals surface area (Å²) in [4.78, 5) is 150. The minimum atomic E-state index is -4.94. The molecule has 1 aromatic heterocycles. The van der Waals surface area contributed by atoms with Crippen LogP contribution in [0.15, 0.2) is 120 Å². The summed E-state index contributed by atoms with van der Waals surface area (Å²) in [5.41, 5.74) is 10.4. The SMILES string of the molecule is CN[C@H](CC(C)C)C(=O)N[C@H]1C(=O)N[C@@H](CC(N)=O)C(=O)N[C@H]2C(=O)N[C@H]3C(=O)N[C@H](C(=O)N[C@@H](C(=O)NNC(=N)N)c4cc(O)cc(O)c4-c4cc3ccc4O)[C@H](O)c3ccc(c(Cl)c3)Oc3cc2cc(c3O[C@@H]2O[C@H](CO)[C@@H](O)[C@H](O)[C@H]2O[C@H]2C[C@](C)(NCCn3ccc(NC(=O)Cc4ccc(OC(F)(F)F)cc4)nc3=O)[C@H](O)[C@H](C)O2)Oc2ccc(cc2Cl)[C@H]1O. The molecular weight excluding hydrogens is 1750 g/mol. The molecule has 8 heterocycles. The van der Waals surface area contributed by atoms with Crippen LogP contribution >= 0.6 is 23.2 Å². The molecule has 2 saturated heterocycles. The fourth-order valence-electron chi connectivity index (χ4n) is 15.2. The minimum absolute atomic E-state index is 0.105. The fourth-order valence-corrected chi connectivity index (χ4v) is 15.6. The molecule has 18 atom stereocenters. The second-order valence-corrected chi connectivity index (χ2v) is 32.3. The summed E-state index contributed by atoms with van der Waals surface area (Å²) in [6.07, 6.45) is -24.0. The molecule has 2 fully saturated rings. The Morgan fingerprint density at radius 3 is 1.98 bits per heavy atom. The van der Waals surface area contributed by atoms with E-state index >= 15 is 24.0 Å². The Kier molecular flexibility index (Phi) is 29.5. The number of hydrogen-bond donors (Lipinski definition) is 23. The molecule has 42 nitrogen and oxygen atoms in total. The average Bonchev–Trinajstić information content (AvgIpc) is 0.764. The van der Waals surface area contributed by atoms with Gasteiger partial charge < -0.3 is 138 Å². The van der Waals surface area contributed by atoms with Gasteiger partial charge in [-0.1, -0.05) is 67.4 Å². The summed E-state index contributed by atoms with van der Waals surface area (Å²) in [6.45, 7) is 5.30. The van der Waals surface area contributed by atoms with Crippen LogP contribution in [0.1, 0.15) is 111 Å². The molecule has 0 spiro atoms. The number of nitrogens with two attached hydrogens (primary N) is 2. The lowest BCUT2D eigenvalue weighted by atomic mass is 9.85. The van der Waals surface area contributed by atoms with Crippen LogP contribution in [-0.4, -0.2) is 220 Å². The van der Waals surface area contributed by atoms with Gasteiger partial charge in [0.25, 0.3) is 5.91 Å². The number of hydrazine groups is 1. The number of amides is 9. The third kappa shape index (κ3) is 22.3. The first kappa shape index (κ1) is 95.3. The molecule has 9 amide bonds. The molecule has 0 aliphatic carbocycles. The summed E-state index contributed by atoms with van der Waals surface area (Å²) in [5.74, 6) is -18.4. The van der Waals surface area contributed by atoms with Crippen LogP contribution in [0.3, 0.4) is 0 Å². The van der Waals surface area contributed by atoms with Crippen LogP contribution in [0.2, 0.25) is 10.0 Å². The number of rotatable bonds is 21. The van der Waals surface area contributed by atoms with Crippen molar-refractivity contribution in [3.63, 3.8) is 0 Å². The van der Waals surface area contributed by atoms with E-state index in [9.17, 15) is 83.1 Å². The van der Waals surface area contributed by atoms with E-state index in [0.29, 0.717) is 5.56 Å². The van der Waals surface area contributed by atoms with E-state index in [0.717, 1.165) is 89.5 Å². The predicted molar refractivity (Wildman–Crippen MR) is 443 cm³/mol. The van der Waals surface area contributed by atoms with Crippen molar-refractivity contribution in [1.29, 1.82) is 5.41 Å². The monoisotopic (exact) mass is 1840 g/mol. The van der Waals surface area contributed by atoms with E-state index in [1.165, 1.54) is 44.4 Å². The Labute approximate surface area is 739 Å². The molecule has 0 saturated carbocycles. The van der Waals surface area contributed by atoms with Crippen molar-refractivity contribution in [3.8, 4) is 62.9 Å². The molecule has 7 aliphatic rings. The molecule has 129 heavy (non-hydrogen) atoms. The number of aromatic hydroxyl groups is 3. The van der Waals surface area contributed by atoms with E-state index in [1.807, 2.05) is 0 Å². The number of likely N-dealkylation sites (N-methyl/N-ethyl adjacent to an activating group) is 1. The summed E-state index contributed by atoms with van der Waals surface area (Å²) in [6, 6.07) is 4.57. The van der Waals surface area contributed by atoms with Crippen molar-refractivity contribution in [2.24, 2.45) is 17.4 Å². The summed E-state index contributed by atoms with van der Waals surface area (Å²) >= 11 is 14.3. The van der Waals surface area contributed by atoms with Crippen LogP contribution in [0, 0.1) is 11.3 Å². The first-order valence-corrected chi connectivity index (χ1v) is 40.5. The smallest absolute Gasteiger partial charge is 0.508 e. The van der Waals surface area contributed by atoms with Crippen molar-refractivity contribution in [3.05, 3.63) is 169 Å². The number of carbonyl (C=O) groups is 9.